The highest BCUT2D eigenvalue weighted by Gasteiger charge is 2.34. The molecule has 30 heavy (non-hydrogen) atoms. The molecule has 0 aromatic heterocycles. The number of rotatable bonds is 6. The molecule has 0 bridgehead atoms. The van der Waals surface area contributed by atoms with Crippen LogP contribution >= 0.6 is 0 Å². The molecule has 1 atom stereocenters. The highest BCUT2D eigenvalue weighted by molar-refractivity contribution is 5.97. The van der Waals surface area contributed by atoms with Crippen molar-refractivity contribution in [2.75, 3.05) is 18.1 Å². The molecule has 2 aromatic carbocycles. The summed E-state index contributed by atoms with van der Waals surface area (Å²) >= 11 is 0. The van der Waals surface area contributed by atoms with E-state index >= 15 is 0 Å². The Morgan fingerprint density at radius 3 is 2.47 bits per heavy atom. The van der Waals surface area contributed by atoms with Crippen LogP contribution in [-0.2, 0) is 26.3 Å². The van der Waals surface area contributed by atoms with Crippen molar-refractivity contribution in [2.24, 2.45) is 0 Å². The van der Waals surface area contributed by atoms with E-state index in [0.717, 1.165) is 29.7 Å². The van der Waals surface area contributed by atoms with Gasteiger partial charge in [-0.2, -0.15) is 0 Å². The number of esters is 2. The Hall–Kier alpha value is -2.82. The fourth-order valence-electron chi connectivity index (χ4n) is 3.76. The smallest absolute Gasteiger partial charge is 0.340 e. The van der Waals surface area contributed by atoms with E-state index in [1.165, 1.54) is 0 Å². The van der Waals surface area contributed by atoms with E-state index < -0.39 is 0 Å². The molecule has 5 heteroatoms. The van der Waals surface area contributed by atoms with Gasteiger partial charge in [0.05, 0.1) is 17.9 Å². The molecule has 0 N–H and O–H groups in total. The third-order valence-corrected chi connectivity index (χ3v) is 5.42. The maximum Gasteiger partial charge on any atom is 0.340 e. The van der Waals surface area contributed by atoms with Gasteiger partial charge in [0.2, 0.25) is 0 Å². The first-order valence-corrected chi connectivity index (χ1v) is 10.6. The van der Waals surface area contributed by atoms with Crippen molar-refractivity contribution in [3.63, 3.8) is 0 Å². The minimum absolute atomic E-state index is 0.113. The number of ether oxygens (including phenoxy) is 2. The van der Waals surface area contributed by atoms with Gasteiger partial charge in [-0.15, -0.1) is 0 Å². The largest absolute Gasteiger partial charge is 0.464 e. The van der Waals surface area contributed by atoms with Crippen LogP contribution in [0.2, 0.25) is 0 Å². The molecule has 0 spiro atoms. The first kappa shape index (κ1) is 21.9. The minimum Gasteiger partial charge on any atom is -0.464 e. The van der Waals surface area contributed by atoms with Crippen LogP contribution in [0.5, 0.6) is 0 Å². The topological polar surface area (TPSA) is 55.8 Å². The fraction of sp³-hybridized carbons (Fsp3) is 0.440. The van der Waals surface area contributed by atoms with E-state index in [-0.39, 0.29) is 30.0 Å². The maximum atomic E-state index is 13.1. The lowest BCUT2D eigenvalue weighted by atomic mass is 9.85. The molecule has 1 aliphatic rings. The summed E-state index contributed by atoms with van der Waals surface area (Å²) in [7, 11) is 0. The molecule has 1 aliphatic heterocycles. The number of carbonyl (C=O) groups is 2. The summed E-state index contributed by atoms with van der Waals surface area (Å²) in [5.74, 6) is -0.618. The van der Waals surface area contributed by atoms with Gasteiger partial charge in [0.25, 0.3) is 0 Å². The summed E-state index contributed by atoms with van der Waals surface area (Å²) in [5, 5.41) is 0. The van der Waals surface area contributed by atoms with Gasteiger partial charge >= 0.3 is 11.9 Å². The highest BCUT2D eigenvalue weighted by atomic mass is 16.5. The van der Waals surface area contributed by atoms with Crippen molar-refractivity contribution in [3.8, 4) is 0 Å². The molecule has 1 saturated heterocycles. The zero-order valence-corrected chi connectivity index (χ0v) is 18.3. The van der Waals surface area contributed by atoms with Crippen LogP contribution < -0.4 is 4.90 Å². The average Bonchev–Trinajstić information content (AvgIpc) is 3.21. The zero-order valence-electron chi connectivity index (χ0n) is 18.3. The van der Waals surface area contributed by atoms with Gasteiger partial charge in [0.15, 0.2) is 0 Å². The van der Waals surface area contributed by atoms with Crippen molar-refractivity contribution in [2.45, 2.75) is 58.6 Å². The standard InChI is InChI=1S/C25H31NO4/c1-5-29-24(28)22-12-9-15-26(22)21-14-13-19(25(2,3)4)16-20(21)23(27)30-17-18-10-7-6-8-11-18/h6-8,10-11,13-14,16,22H,5,9,12,15,17H2,1-4H3/t22-/m0/s1. The third-order valence-electron chi connectivity index (χ3n) is 5.42. The second kappa shape index (κ2) is 9.33. The van der Waals surface area contributed by atoms with Gasteiger partial charge < -0.3 is 14.4 Å². The quantitative estimate of drug-likeness (QED) is 0.637. The number of benzene rings is 2. The Kier molecular flexibility index (Phi) is 6.80. The summed E-state index contributed by atoms with van der Waals surface area (Å²) < 4.78 is 10.9. The van der Waals surface area contributed by atoms with Crippen molar-refractivity contribution in [1.29, 1.82) is 0 Å². The van der Waals surface area contributed by atoms with Crippen LogP contribution in [0.1, 0.15) is 62.0 Å². The van der Waals surface area contributed by atoms with Gasteiger partial charge in [-0.1, -0.05) is 57.2 Å². The predicted molar refractivity (Wildman–Crippen MR) is 118 cm³/mol. The van der Waals surface area contributed by atoms with E-state index in [9.17, 15) is 9.59 Å². The van der Waals surface area contributed by atoms with Gasteiger partial charge in [0.1, 0.15) is 12.6 Å². The third kappa shape index (κ3) is 5.02. The molecule has 3 rings (SSSR count). The van der Waals surface area contributed by atoms with Crippen LogP contribution in [0.15, 0.2) is 48.5 Å². The summed E-state index contributed by atoms with van der Waals surface area (Å²) in [6, 6.07) is 15.1. The van der Waals surface area contributed by atoms with Crippen LogP contribution in [-0.4, -0.2) is 31.1 Å². The van der Waals surface area contributed by atoms with Crippen molar-refractivity contribution in [3.05, 3.63) is 65.2 Å². The average molecular weight is 410 g/mol. The molecule has 160 valence electrons. The van der Waals surface area contributed by atoms with Gasteiger partial charge in [0, 0.05) is 6.54 Å². The van der Waals surface area contributed by atoms with Crippen LogP contribution in [0.3, 0.4) is 0 Å². The SMILES string of the molecule is CCOC(=O)[C@@H]1CCCN1c1ccc(C(C)(C)C)cc1C(=O)OCc1ccccc1. The first-order chi connectivity index (χ1) is 14.3. The molecular weight excluding hydrogens is 378 g/mol. The second-order valence-corrected chi connectivity index (χ2v) is 8.65. The maximum absolute atomic E-state index is 13.1. The molecule has 1 heterocycles. The minimum atomic E-state index is -0.380. The molecule has 0 saturated carbocycles. The zero-order chi connectivity index (χ0) is 21.7. The van der Waals surface area contributed by atoms with Gasteiger partial charge in [-0.3, -0.25) is 0 Å². The molecular formula is C25H31NO4. The number of carbonyl (C=O) groups excluding carboxylic acids is 2. The van der Waals surface area contributed by atoms with Crippen LogP contribution in [0.4, 0.5) is 5.69 Å². The normalized spacial score (nSPS) is 16.4. The molecule has 0 amide bonds. The van der Waals surface area contributed by atoms with Crippen LogP contribution in [0.25, 0.3) is 0 Å². The number of hydrogen-bond acceptors (Lipinski definition) is 5. The molecule has 0 radical (unpaired) electrons. The molecule has 5 nitrogen and oxygen atoms in total. The molecule has 0 aliphatic carbocycles. The Bertz CT molecular complexity index is 886. The van der Waals surface area contributed by atoms with E-state index in [1.54, 1.807) is 0 Å². The highest BCUT2D eigenvalue weighted by Crippen LogP contribution is 2.33. The molecule has 0 unspecified atom stereocenters. The lowest BCUT2D eigenvalue weighted by Crippen LogP contribution is -2.38. The van der Waals surface area contributed by atoms with E-state index in [4.69, 9.17) is 9.47 Å². The van der Waals surface area contributed by atoms with E-state index in [2.05, 4.69) is 20.8 Å². The summed E-state index contributed by atoms with van der Waals surface area (Å²) in [5.41, 5.74) is 3.10. The van der Waals surface area contributed by atoms with Crippen LogP contribution in [0, 0.1) is 0 Å². The summed E-state index contributed by atoms with van der Waals surface area (Å²) in [6.45, 7) is 9.40. The Labute approximate surface area is 179 Å². The Balaban J connectivity index is 1.92. The van der Waals surface area contributed by atoms with E-state index in [1.807, 2.05) is 60.4 Å². The fourth-order valence-corrected chi connectivity index (χ4v) is 3.76. The number of hydrogen-bond donors (Lipinski definition) is 0. The summed E-state index contributed by atoms with van der Waals surface area (Å²) in [6.07, 6.45) is 1.60. The predicted octanol–water partition coefficient (Wildman–Crippen LogP) is 4.87. The van der Waals surface area contributed by atoms with Crippen molar-refractivity contribution < 1.29 is 19.1 Å². The lowest BCUT2D eigenvalue weighted by molar-refractivity contribution is -0.144. The van der Waals surface area contributed by atoms with Gasteiger partial charge in [-0.05, 0) is 48.4 Å². The van der Waals surface area contributed by atoms with E-state index in [0.29, 0.717) is 18.7 Å². The van der Waals surface area contributed by atoms with Crippen molar-refractivity contribution >= 4 is 17.6 Å². The Morgan fingerprint density at radius 2 is 1.80 bits per heavy atom. The second-order valence-electron chi connectivity index (χ2n) is 8.65. The first-order valence-electron chi connectivity index (χ1n) is 10.6. The number of anilines is 1. The number of nitrogens with zero attached hydrogens (tertiary/aromatic N) is 1. The molecule has 1 fully saturated rings. The molecule has 2 aromatic rings. The van der Waals surface area contributed by atoms with Crippen molar-refractivity contribution in [1.82, 2.24) is 0 Å². The monoisotopic (exact) mass is 409 g/mol. The summed E-state index contributed by atoms with van der Waals surface area (Å²) in [4.78, 5) is 27.6. The Morgan fingerprint density at radius 1 is 1.07 bits per heavy atom. The lowest BCUT2D eigenvalue weighted by Gasteiger charge is -2.28. The van der Waals surface area contributed by atoms with Gasteiger partial charge in [-0.25, -0.2) is 9.59 Å².